The summed E-state index contributed by atoms with van der Waals surface area (Å²) in [5.41, 5.74) is 6.63. The number of rotatable bonds is 2. The first kappa shape index (κ1) is 9.26. The fourth-order valence-electron chi connectivity index (χ4n) is 1.14. The van der Waals surface area contributed by atoms with Crippen molar-refractivity contribution in [2.24, 2.45) is 0 Å². The van der Waals surface area contributed by atoms with Gasteiger partial charge in [0.05, 0.1) is 23.8 Å². The van der Waals surface area contributed by atoms with Crippen LogP contribution in [0.2, 0.25) is 0 Å². The molecule has 2 aromatic rings. The van der Waals surface area contributed by atoms with Crippen LogP contribution in [-0.4, -0.2) is 15.1 Å². The zero-order valence-corrected chi connectivity index (χ0v) is 7.88. The smallest absolute Gasteiger partial charge is 0.220 e. The third-order valence-electron chi connectivity index (χ3n) is 1.85. The van der Waals surface area contributed by atoms with Crippen LogP contribution >= 0.6 is 0 Å². The first-order valence-electron chi connectivity index (χ1n) is 4.38. The number of phenols is 1. The van der Waals surface area contributed by atoms with Gasteiger partial charge in [-0.2, -0.15) is 0 Å². The van der Waals surface area contributed by atoms with Gasteiger partial charge in [-0.25, -0.2) is 9.97 Å². The van der Waals surface area contributed by atoms with Crippen LogP contribution in [-0.2, 0) is 0 Å². The number of aromatic nitrogens is 2. The van der Waals surface area contributed by atoms with Gasteiger partial charge in [-0.15, -0.1) is 0 Å². The van der Waals surface area contributed by atoms with E-state index in [4.69, 9.17) is 5.73 Å². The molecule has 15 heavy (non-hydrogen) atoms. The Bertz CT molecular complexity index is 455. The molecule has 76 valence electrons. The molecule has 1 heterocycles. The van der Waals surface area contributed by atoms with Crippen LogP contribution < -0.4 is 11.1 Å². The van der Waals surface area contributed by atoms with E-state index in [1.807, 2.05) is 6.07 Å². The molecule has 1 aromatic heterocycles. The number of hydrogen-bond donors (Lipinski definition) is 3. The minimum atomic E-state index is 0.175. The largest absolute Gasteiger partial charge is 0.506 e. The summed E-state index contributed by atoms with van der Waals surface area (Å²) >= 11 is 0. The maximum Gasteiger partial charge on any atom is 0.220 e. The van der Waals surface area contributed by atoms with Gasteiger partial charge in [0.2, 0.25) is 5.95 Å². The SMILES string of the molecule is Nc1ncc(Nc2ccccc2O)cn1. The summed E-state index contributed by atoms with van der Waals surface area (Å²) in [5, 5.41) is 12.5. The van der Waals surface area contributed by atoms with Crippen molar-refractivity contribution in [2.75, 3.05) is 11.1 Å². The fourth-order valence-corrected chi connectivity index (χ4v) is 1.14. The Hall–Kier alpha value is -2.30. The standard InChI is InChI=1S/C10H10N4O/c11-10-12-5-7(6-13-10)14-8-3-1-2-4-9(8)15/h1-6,14-15H,(H2,11,12,13). The zero-order chi connectivity index (χ0) is 10.7. The average molecular weight is 202 g/mol. The Morgan fingerprint density at radius 1 is 1.13 bits per heavy atom. The second-order valence-electron chi connectivity index (χ2n) is 2.97. The van der Waals surface area contributed by atoms with E-state index in [0.717, 1.165) is 0 Å². The van der Waals surface area contributed by atoms with Gasteiger partial charge >= 0.3 is 0 Å². The zero-order valence-electron chi connectivity index (χ0n) is 7.88. The van der Waals surface area contributed by atoms with Crippen molar-refractivity contribution >= 4 is 17.3 Å². The lowest BCUT2D eigenvalue weighted by atomic mass is 10.3. The number of aromatic hydroxyl groups is 1. The molecule has 0 saturated heterocycles. The number of benzene rings is 1. The minimum absolute atomic E-state index is 0.175. The third kappa shape index (κ3) is 2.14. The van der Waals surface area contributed by atoms with Crippen molar-refractivity contribution in [3.05, 3.63) is 36.7 Å². The topological polar surface area (TPSA) is 84.1 Å². The molecule has 0 spiro atoms. The second-order valence-corrected chi connectivity index (χ2v) is 2.97. The lowest BCUT2D eigenvalue weighted by Crippen LogP contribution is -1.96. The minimum Gasteiger partial charge on any atom is -0.506 e. The molecule has 0 aliphatic rings. The molecule has 5 heteroatoms. The Morgan fingerprint density at radius 2 is 1.80 bits per heavy atom. The summed E-state index contributed by atoms with van der Waals surface area (Å²) in [4.78, 5) is 7.65. The van der Waals surface area contributed by atoms with Crippen LogP contribution in [0.15, 0.2) is 36.7 Å². The van der Waals surface area contributed by atoms with Crippen molar-refractivity contribution in [2.45, 2.75) is 0 Å². The van der Waals surface area contributed by atoms with Crippen LogP contribution in [0.1, 0.15) is 0 Å². The Balaban J connectivity index is 2.22. The highest BCUT2D eigenvalue weighted by molar-refractivity contribution is 5.64. The molecule has 2 rings (SSSR count). The number of nitrogens with zero attached hydrogens (tertiary/aromatic N) is 2. The van der Waals surface area contributed by atoms with E-state index in [-0.39, 0.29) is 11.7 Å². The highest BCUT2D eigenvalue weighted by Crippen LogP contribution is 2.24. The van der Waals surface area contributed by atoms with E-state index < -0.39 is 0 Å². The van der Waals surface area contributed by atoms with Crippen LogP contribution in [0.4, 0.5) is 17.3 Å². The number of nitrogens with two attached hydrogens (primary N) is 1. The summed E-state index contributed by atoms with van der Waals surface area (Å²) in [6.07, 6.45) is 3.10. The predicted octanol–water partition coefficient (Wildman–Crippen LogP) is 1.51. The monoisotopic (exact) mass is 202 g/mol. The quantitative estimate of drug-likeness (QED) is 0.643. The number of para-hydroxylation sites is 2. The van der Waals surface area contributed by atoms with Crippen LogP contribution in [0, 0.1) is 0 Å². The molecule has 0 unspecified atom stereocenters. The molecule has 1 aromatic carbocycles. The number of nitrogen functional groups attached to an aromatic ring is 1. The van der Waals surface area contributed by atoms with Crippen molar-refractivity contribution in [3.63, 3.8) is 0 Å². The molecule has 0 aliphatic carbocycles. The summed E-state index contributed by atoms with van der Waals surface area (Å²) in [7, 11) is 0. The number of hydrogen-bond acceptors (Lipinski definition) is 5. The van der Waals surface area contributed by atoms with Gasteiger partial charge in [0, 0.05) is 0 Å². The summed E-state index contributed by atoms with van der Waals surface area (Å²) in [6, 6.07) is 6.92. The Morgan fingerprint density at radius 3 is 2.47 bits per heavy atom. The first-order valence-corrected chi connectivity index (χ1v) is 4.38. The molecule has 0 bridgehead atoms. The summed E-state index contributed by atoms with van der Waals surface area (Å²) < 4.78 is 0. The summed E-state index contributed by atoms with van der Waals surface area (Å²) in [6.45, 7) is 0. The van der Waals surface area contributed by atoms with Crippen molar-refractivity contribution in [1.29, 1.82) is 0 Å². The Kier molecular flexibility index (Phi) is 2.37. The second kappa shape index (κ2) is 3.83. The predicted molar refractivity (Wildman–Crippen MR) is 57.8 cm³/mol. The maximum absolute atomic E-state index is 9.50. The van der Waals surface area contributed by atoms with Crippen molar-refractivity contribution in [3.8, 4) is 5.75 Å². The van der Waals surface area contributed by atoms with Gasteiger partial charge in [-0.1, -0.05) is 12.1 Å². The van der Waals surface area contributed by atoms with Gasteiger partial charge < -0.3 is 16.2 Å². The molecule has 0 radical (unpaired) electrons. The molecule has 5 nitrogen and oxygen atoms in total. The van der Waals surface area contributed by atoms with Gasteiger partial charge in [-0.3, -0.25) is 0 Å². The molecule has 0 aliphatic heterocycles. The lowest BCUT2D eigenvalue weighted by molar-refractivity contribution is 0.478. The van der Waals surface area contributed by atoms with Crippen LogP contribution in [0.5, 0.6) is 5.75 Å². The van der Waals surface area contributed by atoms with E-state index in [1.165, 1.54) is 0 Å². The molecule has 0 fully saturated rings. The number of phenolic OH excluding ortho intramolecular Hbond substituents is 1. The lowest BCUT2D eigenvalue weighted by Gasteiger charge is -2.06. The van der Waals surface area contributed by atoms with Crippen molar-refractivity contribution < 1.29 is 5.11 Å². The normalized spacial score (nSPS) is 9.87. The van der Waals surface area contributed by atoms with Gasteiger partial charge in [0.25, 0.3) is 0 Å². The third-order valence-corrected chi connectivity index (χ3v) is 1.85. The highest BCUT2D eigenvalue weighted by atomic mass is 16.3. The van der Waals surface area contributed by atoms with E-state index in [9.17, 15) is 5.11 Å². The fraction of sp³-hybridized carbons (Fsp3) is 0. The number of nitrogens with one attached hydrogen (secondary N) is 1. The molecular formula is C10H10N4O. The average Bonchev–Trinajstić information content (AvgIpc) is 2.25. The Labute approximate surface area is 86.6 Å². The van der Waals surface area contributed by atoms with Crippen molar-refractivity contribution in [1.82, 2.24) is 9.97 Å². The van der Waals surface area contributed by atoms with Gasteiger partial charge in [0.1, 0.15) is 5.75 Å². The molecule has 0 saturated carbocycles. The van der Waals surface area contributed by atoms with Gasteiger partial charge in [-0.05, 0) is 12.1 Å². The van der Waals surface area contributed by atoms with E-state index in [1.54, 1.807) is 30.6 Å². The number of anilines is 3. The van der Waals surface area contributed by atoms with Crippen LogP contribution in [0.25, 0.3) is 0 Å². The molecular weight excluding hydrogens is 192 g/mol. The summed E-state index contributed by atoms with van der Waals surface area (Å²) in [5.74, 6) is 0.396. The highest BCUT2D eigenvalue weighted by Gasteiger charge is 2.00. The first-order chi connectivity index (χ1) is 7.25. The molecule has 0 amide bonds. The van der Waals surface area contributed by atoms with E-state index in [0.29, 0.717) is 11.4 Å². The maximum atomic E-state index is 9.50. The van der Waals surface area contributed by atoms with E-state index >= 15 is 0 Å². The molecule has 0 atom stereocenters. The molecule has 4 N–H and O–H groups in total. The van der Waals surface area contributed by atoms with Crippen LogP contribution in [0.3, 0.4) is 0 Å². The van der Waals surface area contributed by atoms with Gasteiger partial charge in [0.15, 0.2) is 0 Å². The van der Waals surface area contributed by atoms with E-state index in [2.05, 4.69) is 15.3 Å².